The Hall–Kier alpha value is -3.04. The third-order valence-electron chi connectivity index (χ3n) is 3.58. The van der Waals surface area contributed by atoms with Crippen LogP contribution in [0.1, 0.15) is 17.0 Å². The highest BCUT2D eigenvalue weighted by atomic mass is 19.4. The van der Waals surface area contributed by atoms with E-state index in [1.165, 1.54) is 42.5 Å². The van der Waals surface area contributed by atoms with Crippen LogP contribution >= 0.6 is 0 Å². The summed E-state index contributed by atoms with van der Waals surface area (Å²) in [4.78, 5) is 0. The number of hydrogen-bond donors (Lipinski definition) is 1. The fraction of sp³-hybridized carbons (Fsp3) is 0.176. The lowest BCUT2D eigenvalue weighted by Crippen LogP contribution is -2.10. The summed E-state index contributed by atoms with van der Waals surface area (Å²) in [5, 5.41) is 8.97. The van der Waals surface area contributed by atoms with E-state index in [4.69, 9.17) is 0 Å². The van der Waals surface area contributed by atoms with Crippen LogP contribution in [0.5, 0.6) is 0 Å². The molecule has 0 atom stereocenters. The molecule has 10 heteroatoms. The fourth-order valence-electron chi connectivity index (χ4n) is 2.30. The molecule has 1 N–H and O–H groups in total. The van der Waals surface area contributed by atoms with E-state index in [-0.39, 0.29) is 23.7 Å². The Kier molecular flexibility index (Phi) is 4.81. The van der Waals surface area contributed by atoms with Crippen molar-refractivity contribution < 1.29 is 30.8 Å². The smallest absolute Gasteiger partial charge is 0.413 e. The molecule has 0 saturated heterocycles. The second-order valence-corrected chi connectivity index (χ2v) is 5.50. The van der Waals surface area contributed by atoms with Crippen molar-refractivity contribution in [3.63, 3.8) is 0 Å². The summed E-state index contributed by atoms with van der Waals surface area (Å²) in [7, 11) is 0. The molecule has 1 aromatic heterocycles. The van der Waals surface area contributed by atoms with E-state index in [0.29, 0.717) is 5.56 Å². The first-order valence-corrected chi connectivity index (χ1v) is 7.55. The zero-order chi connectivity index (χ0) is 19.7. The van der Waals surface area contributed by atoms with Gasteiger partial charge in [0.05, 0.1) is 5.56 Å². The molecule has 142 valence electrons. The summed E-state index contributed by atoms with van der Waals surface area (Å²) in [6.07, 6.45) is -9.22. The predicted octanol–water partition coefficient (Wildman–Crippen LogP) is 5.39. The van der Waals surface area contributed by atoms with Gasteiger partial charge in [-0.25, -0.2) is 0 Å². The minimum absolute atomic E-state index is 0.0687. The number of para-hydroxylation sites is 1. The van der Waals surface area contributed by atoms with E-state index < -0.39 is 23.8 Å². The summed E-state index contributed by atoms with van der Waals surface area (Å²) < 4.78 is 80.9. The first kappa shape index (κ1) is 18.7. The van der Waals surface area contributed by atoms with Crippen molar-refractivity contribution in [1.29, 1.82) is 0 Å². The molecule has 0 radical (unpaired) electrons. The molecule has 0 saturated carbocycles. The summed E-state index contributed by atoms with van der Waals surface area (Å²) >= 11 is 0. The van der Waals surface area contributed by atoms with Gasteiger partial charge in [0.15, 0.2) is 0 Å². The number of alkyl halides is 6. The molecule has 3 aromatic rings. The van der Waals surface area contributed by atoms with Crippen LogP contribution in [0.15, 0.2) is 52.9 Å². The molecule has 0 spiro atoms. The molecule has 27 heavy (non-hydrogen) atoms. The number of halogens is 6. The number of nitrogens with zero attached hydrogens (tertiary/aromatic N) is 2. The minimum atomic E-state index is -4.74. The molecule has 0 amide bonds. The lowest BCUT2D eigenvalue weighted by Gasteiger charge is -2.14. The second-order valence-electron chi connectivity index (χ2n) is 5.50. The largest absolute Gasteiger partial charge is 0.470 e. The van der Waals surface area contributed by atoms with E-state index in [9.17, 15) is 26.3 Å². The van der Waals surface area contributed by atoms with Crippen LogP contribution in [0.25, 0.3) is 11.5 Å². The number of anilines is 1. The minimum Gasteiger partial charge on any atom is -0.413 e. The van der Waals surface area contributed by atoms with E-state index in [0.717, 1.165) is 6.07 Å². The molecule has 0 aliphatic rings. The maximum Gasteiger partial charge on any atom is 0.470 e. The molecule has 0 bridgehead atoms. The zero-order valence-electron chi connectivity index (χ0n) is 13.4. The van der Waals surface area contributed by atoms with Crippen LogP contribution < -0.4 is 5.32 Å². The van der Waals surface area contributed by atoms with E-state index in [2.05, 4.69) is 19.9 Å². The topological polar surface area (TPSA) is 51.0 Å². The third-order valence-corrected chi connectivity index (χ3v) is 3.58. The van der Waals surface area contributed by atoms with Gasteiger partial charge in [0.2, 0.25) is 5.89 Å². The second kappa shape index (κ2) is 6.93. The van der Waals surface area contributed by atoms with Gasteiger partial charge in [0, 0.05) is 17.8 Å². The normalized spacial score (nSPS) is 12.2. The van der Waals surface area contributed by atoms with Crippen molar-refractivity contribution in [2.45, 2.75) is 18.9 Å². The van der Waals surface area contributed by atoms with E-state index in [1.54, 1.807) is 0 Å². The third kappa shape index (κ3) is 4.39. The number of nitrogens with one attached hydrogen (secondary N) is 1. The van der Waals surface area contributed by atoms with Gasteiger partial charge in [-0.15, -0.1) is 10.2 Å². The summed E-state index contributed by atoms with van der Waals surface area (Å²) in [5.74, 6) is -1.75. The molecule has 0 aliphatic carbocycles. The quantitative estimate of drug-likeness (QED) is 0.610. The summed E-state index contributed by atoms with van der Waals surface area (Å²) in [6.45, 7) is 0.0883. The molecule has 3 rings (SSSR count). The molecule has 0 fully saturated rings. The van der Waals surface area contributed by atoms with Crippen molar-refractivity contribution in [2.75, 3.05) is 5.32 Å². The van der Waals surface area contributed by atoms with Gasteiger partial charge in [0.1, 0.15) is 0 Å². The maximum absolute atomic E-state index is 13.0. The Morgan fingerprint density at radius 3 is 2.07 bits per heavy atom. The van der Waals surface area contributed by atoms with Crippen molar-refractivity contribution in [2.24, 2.45) is 0 Å². The van der Waals surface area contributed by atoms with Crippen molar-refractivity contribution in [3.8, 4) is 11.5 Å². The van der Waals surface area contributed by atoms with Crippen LogP contribution in [-0.4, -0.2) is 10.2 Å². The summed E-state index contributed by atoms with van der Waals surface area (Å²) in [6, 6.07) is 11.0. The molecule has 0 aliphatic heterocycles. The van der Waals surface area contributed by atoms with Gasteiger partial charge in [-0.2, -0.15) is 26.3 Å². The Labute approximate surface area is 148 Å². The average Bonchev–Trinajstić information content (AvgIpc) is 3.10. The van der Waals surface area contributed by atoms with Crippen LogP contribution in [0.4, 0.5) is 32.0 Å². The Balaban J connectivity index is 1.71. The highest BCUT2D eigenvalue weighted by Crippen LogP contribution is 2.35. The Morgan fingerprint density at radius 2 is 1.48 bits per heavy atom. The number of aromatic nitrogens is 2. The standard InChI is InChI=1S/C17H11F6N3O/c18-16(19,20)12-3-1-2-4-13(12)24-9-10-5-7-11(8-6-10)14-25-26-15(27-14)17(21,22)23/h1-8,24H,9H2. The first-order chi connectivity index (χ1) is 12.6. The van der Waals surface area contributed by atoms with Gasteiger partial charge in [-0.3, -0.25) is 0 Å². The van der Waals surface area contributed by atoms with Crippen molar-refractivity contribution in [1.82, 2.24) is 10.2 Å². The predicted molar refractivity (Wildman–Crippen MR) is 83.5 cm³/mol. The molecule has 2 aromatic carbocycles. The highest BCUT2D eigenvalue weighted by Gasteiger charge is 2.38. The Morgan fingerprint density at radius 1 is 0.815 bits per heavy atom. The van der Waals surface area contributed by atoms with Crippen LogP contribution in [-0.2, 0) is 18.9 Å². The monoisotopic (exact) mass is 387 g/mol. The highest BCUT2D eigenvalue weighted by molar-refractivity contribution is 5.55. The lowest BCUT2D eigenvalue weighted by atomic mass is 10.1. The molecule has 1 heterocycles. The number of benzene rings is 2. The maximum atomic E-state index is 13.0. The fourth-order valence-corrected chi connectivity index (χ4v) is 2.30. The van der Waals surface area contributed by atoms with Gasteiger partial charge in [0.25, 0.3) is 0 Å². The zero-order valence-corrected chi connectivity index (χ0v) is 13.4. The molecule has 0 unspecified atom stereocenters. The van der Waals surface area contributed by atoms with Crippen LogP contribution in [0.3, 0.4) is 0 Å². The van der Waals surface area contributed by atoms with Gasteiger partial charge >= 0.3 is 18.2 Å². The molecule has 4 nitrogen and oxygen atoms in total. The Bertz CT molecular complexity index is 915. The van der Waals surface area contributed by atoms with Crippen molar-refractivity contribution >= 4 is 5.69 Å². The first-order valence-electron chi connectivity index (χ1n) is 7.55. The number of hydrogen-bond acceptors (Lipinski definition) is 4. The molecular formula is C17H11F6N3O. The van der Waals surface area contributed by atoms with Gasteiger partial charge in [-0.05, 0) is 29.8 Å². The van der Waals surface area contributed by atoms with Crippen molar-refractivity contribution in [3.05, 3.63) is 65.5 Å². The molecular weight excluding hydrogens is 376 g/mol. The lowest BCUT2D eigenvalue weighted by molar-refractivity contribution is -0.157. The SMILES string of the molecule is FC(F)(F)c1nnc(-c2ccc(CNc3ccccc3C(F)(F)F)cc2)o1. The van der Waals surface area contributed by atoms with E-state index in [1.807, 2.05) is 0 Å². The van der Waals surface area contributed by atoms with Gasteiger partial charge in [-0.1, -0.05) is 24.3 Å². The van der Waals surface area contributed by atoms with E-state index >= 15 is 0 Å². The van der Waals surface area contributed by atoms with Gasteiger partial charge < -0.3 is 9.73 Å². The summed E-state index contributed by atoms with van der Waals surface area (Å²) in [5.41, 5.74) is 0.0247. The average molecular weight is 387 g/mol. The number of rotatable bonds is 4. The van der Waals surface area contributed by atoms with Crippen LogP contribution in [0.2, 0.25) is 0 Å². The van der Waals surface area contributed by atoms with Crippen LogP contribution in [0, 0.1) is 0 Å².